The summed E-state index contributed by atoms with van der Waals surface area (Å²) in [5.41, 5.74) is 3.31. The molecule has 1 aliphatic carbocycles. The topological polar surface area (TPSA) is 102 Å². The number of rotatable bonds is 5. The average Bonchev–Trinajstić information content (AvgIpc) is 3.71. The SMILES string of the molecule is Cc1cccc(CN2C[C@@H]3NC(=O)c4cc(cc(OCC5CC5)c4)OCC(=O)NCc4ccc(cc4)O[C@H]3C2)n1. The Morgan fingerprint density at radius 1 is 1.02 bits per heavy atom. The van der Waals surface area contributed by atoms with Crippen molar-refractivity contribution in [2.24, 2.45) is 5.92 Å². The fourth-order valence-corrected chi connectivity index (χ4v) is 5.04. The van der Waals surface area contributed by atoms with Crippen molar-refractivity contribution in [2.45, 2.75) is 45.0 Å². The van der Waals surface area contributed by atoms with Crippen molar-refractivity contribution in [1.29, 1.82) is 0 Å². The lowest BCUT2D eigenvalue weighted by Gasteiger charge is -2.22. The minimum Gasteiger partial charge on any atom is -0.493 e. The summed E-state index contributed by atoms with van der Waals surface area (Å²) in [5, 5.41) is 6.07. The number of carbonyl (C=O) groups is 2. The Morgan fingerprint density at radius 2 is 1.88 bits per heavy atom. The van der Waals surface area contributed by atoms with Gasteiger partial charge in [-0.05, 0) is 67.6 Å². The van der Waals surface area contributed by atoms with E-state index in [0.29, 0.717) is 61.5 Å². The molecular formula is C31H34N4O5. The third-order valence-electron chi connectivity index (χ3n) is 7.39. The smallest absolute Gasteiger partial charge is 0.258 e. The maximum atomic E-state index is 13.6. The molecule has 1 saturated heterocycles. The highest BCUT2D eigenvalue weighted by Crippen LogP contribution is 2.31. The van der Waals surface area contributed by atoms with E-state index in [1.807, 2.05) is 49.4 Å². The van der Waals surface area contributed by atoms with Gasteiger partial charge in [0.05, 0.1) is 18.3 Å². The van der Waals surface area contributed by atoms with Crippen molar-refractivity contribution in [2.75, 3.05) is 26.3 Å². The van der Waals surface area contributed by atoms with Crippen molar-refractivity contribution in [1.82, 2.24) is 20.5 Å². The van der Waals surface area contributed by atoms with Gasteiger partial charge in [-0.3, -0.25) is 19.5 Å². The van der Waals surface area contributed by atoms with E-state index >= 15 is 0 Å². The van der Waals surface area contributed by atoms with Crippen molar-refractivity contribution >= 4 is 11.8 Å². The van der Waals surface area contributed by atoms with Gasteiger partial charge in [0.1, 0.15) is 23.4 Å². The van der Waals surface area contributed by atoms with Crippen LogP contribution in [0.5, 0.6) is 17.2 Å². The predicted molar refractivity (Wildman–Crippen MR) is 148 cm³/mol. The Balaban J connectivity index is 1.26. The maximum absolute atomic E-state index is 13.6. The van der Waals surface area contributed by atoms with Crippen molar-refractivity contribution < 1.29 is 23.8 Å². The predicted octanol–water partition coefficient (Wildman–Crippen LogP) is 3.25. The van der Waals surface area contributed by atoms with Gasteiger partial charge in [0, 0.05) is 43.5 Å². The van der Waals surface area contributed by atoms with Gasteiger partial charge in [0.2, 0.25) is 0 Å². The molecule has 3 aromatic rings. The van der Waals surface area contributed by atoms with Crippen LogP contribution in [0.1, 0.15) is 40.2 Å². The van der Waals surface area contributed by atoms with Gasteiger partial charge >= 0.3 is 0 Å². The molecule has 3 aliphatic heterocycles. The standard InChI is InChI=1S/C31H34N4O5/c1-20-3-2-4-24(33-20)15-35-16-28-29(17-35)40-25-9-7-21(8-10-25)14-32-30(36)19-39-27-12-23(31(37)34-28)11-26(13-27)38-18-22-5-6-22/h2-4,7-13,22,28-29H,5-6,14-19H2,1H3,(H,32,36)(H,34,37)/t28-,29-/m0/s1. The minimum absolute atomic E-state index is 0.166. The number of benzene rings is 2. The second-order valence-electron chi connectivity index (χ2n) is 10.9. The molecule has 2 aromatic carbocycles. The highest BCUT2D eigenvalue weighted by Gasteiger charge is 2.36. The fraction of sp³-hybridized carbons (Fsp3) is 0.387. The van der Waals surface area contributed by atoms with Gasteiger partial charge in [0.25, 0.3) is 11.8 Å². The number of hydrogen-bond acceptors (Lipinski definition) is 7. The first-order chi connectivity index (χ1) is 19.5. The second kappa shape index (κ2) is 11.6. The van der Waals surface area contributed by atoms with Crippen molar-refractivity contribution in [3.8, 4) is 17.2 Å². The van der Waals surface area contributed by atoms with E-state index in [1.165, 1.54) is 0 Å². The lowest BCUT2D eigenvalue weighted by atomic mass is 10.1. The molecule has 2 N–H and O–H groups in total. The molecule has 7 rings (SSSR count). The maximum Gasteiger partial charge on any atom is 0.258 e. The Morgan fingerprint density at radius 3 is 2.67 bits per heavy atom. The number of hydrogen-bond donors (Lipinski definition) is 2. The van der Waals surface area contributed by atoms with E-state index in [-0.39, 0.29) is 30.6 Å². The number of likely N-dealkylation sites (tertiary alicyclic amines) is 1. The molecule has 0 spiro atoms. The van der Waals surface area contributed by atoms with Crippen LogP contribution in [0.3, 0.4) is 0 Å². The zero-order valence-corrected chi connectivity index (χ0v) is 22.6. The summed E-state index contributed by atoms with van der Waals surface area (Å²) in [6.07, 6.45) is 2.05. The van der Waals surface area contributed by atoms with E-state index in [9.17, 15) is 9.59 Å². The van der Waals surface area contributed by atoms with Gasteiger partial charge in [0.15, 0.2) is 6.61 Å². The van der Waals surface area contributed by atoms with Crippen LogP contribution in [-0.4, -0.2) is 60.1 Å². The van der Waals surface area contributed by atoms with Gasteiger partial charge in [-0.15, -0.1) is 0 Å². The fourth-order valence-electron chi connectivity index (χ4n) is 5.04. The Bertz CT molecular complexity index is 1370. The molecule has 4 bridgehead atoms. The van der Waals surface area contributed by atoms with Gasteiger partial charge in [-0.1, -0.05) is 18.2 Å². The zero-order chi connectivity index (χ0) is 27.5. The molecule has 0 unspecified atom stereocenters. The normalized spacial score (nSPS) is 21.4. The Labute approximate surface area is 233 Å². The number of pyridine rings is 1. The highest BCUT2D eigenvalue weighted by atomic mass is 16.5. The Kier molecular flexibility index (Phi) is 7.55. The lowest BCUT2D eigenvalue weighted by molar-refractivity contribution is -0.123. The molecule has 9 nitrogen and oxygen atoms in total. The number of carbonyl (C=O) groups excluding carboxylic acids is 2. The van der Waals surface area contributed by atoms with Crippen molar-refractivity contribution in [3.05, 3.63) is 83.2 Å². The molecule has 1 saturated carbocycles. The summed E-state index contributed by atoms with van der Waals surface area (Å²) in [4.78, 5) is 32.9. The van der Waals surface area contributed by atoms with Crippen LogP contribution >= 0.6 is 0 Å². The number of amides is 2. The van der Waals surface area contributed by atoms with Gasteiger partial charge in [-0.25, -0.2) is 0 Å². The first-order valence-corrected chi connectivity index (χ1v) is 13.9. The summed E-state index contributed by atoms with van der Waals surface area (Å²) in [6, 6.07) is 18.5. The van der Waals surface area contributed by atoms with Crippen LogP contribution in [0.4, 0.5) is 0 Å². The number of ether oxygens (including phenoxy) is 3. The van der Waals surface area contributed by atoms with E-state index in [2.05, 4.69) is 20.5 Å². The third-order valence-corrected chi connectivity index (χ3v) is 7.39. The lowest BCUT2D eigenvalue weighted by Crippen LogP contribution is -2.45. The van der Waals surface area contributed by atoms with Crippen LogP contribution in [0, 0.1) is 12.8 Å². The van der Waals surface area contributed by atoms with Gasteiger partial charge in [-0.2, -0.15) is 0 Å². The van der Waals surface area contributed by atoms with E-state index in [4.69, 9.17) is 14.2 Å². The molecule has 0 radical (unpaired) electrons. The Hall–Kier alpha value is -4.11. The minimum atomic E-state index is -0.264. The molecule has 4 heterocycles. The number of fused-ring (bicyclic) bond motifs is 7. The average molecular weight is 543 g/mol. The summed E-state index contributed by atoms with van der Waals surface area (Å²) in [7, 11) is 0. The number of nitrogens with one attached hydrogen (secondary N) is 2. The summed E-state index contributed by atoms with van der Waals surface area (Å²) < 4.78 is 18.2. The van der Waals surface area contributed by atoms with Crippen molar-refractivity contribution in [3.63, 3.8) is 0 Å². The molecular weight excluding hydrogens is 508 g/mol. The van der Waals surface area contributed by atoms with E-state index in [0.717, 1.165) is 29.8 Å². The van der Waals surface area contributed by atoms with Crippen LogP contribution in [0.25, 0.3) is 0 Å². The first kappa shape index (κ1) is 26.1. The number of nitrogens with zero attached hydrogens (tertiary/aromatic N) is 2. The molecule has 1 aromatic heterocycles. The molecule has 9 heteroatoms. The quantitative estimate of drug-likeness (QED) is 0.510. The summed E-state index contributed by atoms with van der Waals surface area (Å²) >= 11 is 0. The largest absolute Gasteiger partial charge is 0.493 e. The molecule has 2 amide bonds. The second-order valence-corrected chi connectivity index (χ2v) is 10.9. The number of aryl methyl sites for hydroxylation is 1. The number of aromatic nitrogens is 1. The third kappa shape index (κ3) is 6.71. The van der Waals surface area contributed by atoms with E-state index in [1.54, 1.807) is 18.2 Å². The summed E-state index contributed by atoms with van der Waals surface area (Å²) in [5.74, 6) is 1.72. The zero-order valence-electron chi connectivity index (χ0n) is 22.6. The molecule has 2 fully saturated rings. The van der Waals surface area contributed by atoms with Gasteiger partial charge < -0.3 is 24.8 Å². The molecule has 40 heavy (non-hydrogen) atoms. The van der Waals surface area contributed by atoms with E-state index < -0.39 is 0 Å². The van der Waals surface area contributed by atoms with Crippen LogP contribution in [-0.2, 0) is 17.9 Å². The monoisotopic (exact) mass is 542 g/mol. The van der Waals surface area contributed by atoms with Crippen LogP contribution in [0.15, 0.2) is 60.7 Å². The molecule has 2 atom stereocenters. The summed E-state index contributed by atoms with van der Waals surface area (Å²) in [6.45, 7) is 4.71. The molecule has 4 aliphatic rings. The first-order valence-electron chi connectivity index (χ1n) is 13.9. The van der Waals surface area contributed by atoms with Crippen LogP contribution < -0.4 is 24.8 Å². The highest BCUT2D eigenvalue weighted by molar-refractivity contribution is 5.95. The molecule has 208 valence electrons. The van der Waals surface area contributed by atoms with Crippen LogP contribution in [0.2, 0.25) is 0 Å².